The van der Waals surface area contributed by atoms with E-state index < -0.39 is 24.3 Å². The maximum absolute atomic E-state index is 13.1. The summed E-state index contributed by atoms with van der Waals surface area (Å²) < 4.78 is 13.1. The van der Waals surface area contributed by atoms with E-state index in [2.05, 4.69) is 0 Å². The molecule has 0 aliphatic carbocycles. The molecule has 0 heterocycles. The summed E-state index contributed by atoms with van der Waals surface area (Å²) in [5.74, 6) is -1.46. The van der Waals surface area contributed by atoms with Gasteiger partial charge in [0, 0.05) is 6.42 Å². The number of halogens is 1. The maximum atomic E-state index is 13.1. The summed E-state index contributed by atoms with van der Waals surface area (Å²) in [7, 11) is -2.44. The van der Waals surface area contributed by atoms with E-state index in [0.29, 0.717) is 5.56 Å². The van der Waals surface area contributed by atoms with Crippen LogP contribution in [0.25, 0.3) is 0 Å². The summed E-state index contributed by atoms with van der Waals surface area (Å²) in [6.45, 7) is 0. The average Bonchev–Trinajstić information content (AvgIpc) is 2.26. The van der Waals surface area contributed by atoms with Crippen molar-refractivity contribution in [3.8, 4) is 0 Å². The lowest BCUT2D eigenvalue weighted by Gasteiger charge is -2.18. The second kappa shape index (κ2) is 5.59. The molecular formula is C9H11BFNO4. The molecule has 0 aromatic heterocycles. The molecule has 0 fully saturated rings. The molecule has 0 spiro atoms. The first kappa shape index (κ1) is 12.6. The fourth-order valence-corrected chi connectivity index (χ4v) is 1.28. The Morgan fingerprint density at radius 1 is 1.38 bits per heavy atom. The van der Waals surface area contributed by atoms with Crippen molar-refractivity contribution in [1.82, 2.24) is 5.03 Å². The highest BCUT2D eigenvalue weighted by Gasteiger charge is 2.34. The quantitative estimate of drug-likeness (QED) is 0.479. The van der Waals surface area contributed by atoms with Crippen LogP contribution in [0.3, 0.4) is 0 Å². The second-order valence-corrected chi connectivity index (χ2v) is 3.23. The molecule has 1 atom stereocenters. The first-order valence-corrected chi connectivity index (χ1v) is 4.59. The van der Waals surface area contributed by atoms with Crippen LogP contribution < -0.4 is 0 Å². The highest BCUT2D eigenvalue weighted by atomic mass is 18.3. The molecule has 0 aliphatic rings. The molecule has 1 rings (SSSR count). The van der Waals surface area contributed by atoms with E-state index >= 15 is 0 Å². The van der Waals surface area contributed by atoms with Crippen LogP contribution in [0.1, 0.15) is 5.56 Å². The summed E-state index contributed by atoms with van der Waals surface area (Å²) in [5.41, 5.74) is 0.596. The lowest BCUT2D eigenvalue weighted by atomic mass is 9.45. The first-order chi connectivity index (χ1) is 7.52. The summed E-state index contributed by atoms with van der Waals surface area (Å²) >= 11 is 0. The molecule has 86 valence electrons. The number of aliphatic carboxylic acids is 1. The van der Waals surface area contributed by atoms with E-state index in [1.54, 1.807) is 30.3 Å². The Hall–Kier alpha value is -1.44. The molecule has 0 aliphatic heterocycles. The van der Waals surface area contributed by atoms with Crippen molar-refractivity contribution in [1.29, 1.82) is 0 Å². The molecule has 0 radical (unpaired) electrons. The molecule has 0 saturated heterocycles. The minimum atomic E-state index is -2.44. The van der Waals surface area contributed by atoms with Crippen molar-refractivity contribution >= 4 is 13.2 Å². The van der Waals surface area contributed by atoms with E-state index in [1.165, 1.54) is 0 Å². The van der Waals surface area contributed by atoms with Gasteiger partial charge in [0.15, 0.2) is 0 Å². The Morgan fingerprint density at radius 3 is 2.38 bits per heavy atom. The molecular weight excluding hydrogens is 214 g/mol. The van der Waals surface area contributed by atoms with Crippen LogP contribution in [0.5, 0.6) is 0 Å². The molecule has 1 aromatic rings. The van der Waals surface area contributed by atoms with Gasteiger partial charge in [-0.3, -0.25) is 4.79 Å². The largest absolute Gasteiger partial charge is 0.582 e. The summed E-state index contributed by atoms with van der Waals surface area (Å²) in [6, 6.07) is 6.76. The first-order valence-electron chi connectivity index (χ1n) is 4.59. The van der Waals surface area contributed by atoms with Crippen LogP contribution in [-0.2, 0) is 11.2 Å². The summed E-state index contributed by atoms with van der Waals surface area (Å²) in [5, 5.41) is 25.4. The third-order valence-corrected chi connectivity index (χ3v) is 2.08. The van der Waals surface area contributed by atoms with Gasteiger partial charge in [-0.1, -0.05) is 30.3 Å². The minimum absolute atomic E-state index is 0.149. The number of hydrogen-bond acceptors (Lipinski definition) is 4. The zero-order chi connectivity index (χ0) is 12.1. The molecule has 0 saturated carbocycles. The lowest BCUT2D eigenvalue weighted by molar-refractivity contribution is -0.147. The number of carboxylic acid groups (broad SMARTS) is 1. The normalized spacial score (nSPS) is 12.5. The van der Waals surface area contributed by atoms with Crippen LogP contribution in [0.2, 0.25) is 0 Å². The minimum Gasteiger partial charge on any atom is -0.480 e. The lowest BCUT2D eigenvalue weighted by Crippen LogP contribution is -2.46. The fraction of sp³-hybridized carbons (Fsp3) is 0.222. The number of carbonyl (C=O) groups is 1. The van der Waals surface area contributed by atoms with Crippen LogP contribution in [-0.4, -0.2) is 39.5 Å². The van der Waals surface area contributed by atoms with Gasteiger partial charge in [-0.25, -0.2) is 0 Å². The standard InChI is InChI=1S/C9H11BFNO4/c11-12(10(15)16)8(9(13)14)6-7-4-2-1-3-5-7/h1-5,8,15-16H,6H2,(H,13,14)/i10-1,11-1. The van der Waals surface area contributed by atoms with Gasteiger partial charge in [-0.2, -0.15) is 0 Å². The molecule has 3 N–H and O–H groups in total. The topological polar surface area (TPSA) is 81.0 Å². The highest BCUT2D eigenvalue weighted by molar-refractivity contribution is 6.37. The molecule has 0 amide bonds. The van der Waals surface area contributed by atoms with Crippen LogP contribution in [0.4, 0.5) is 4.48 Å². The highest BCUT2D eigenvalue weighted by Crippen LogP contribution is 2.10. The Bertz CT molecular complexity index is 349. The number of carboxylic acids is 1. The third kappa shape index (κ3) is 3.30. The predicted molar refractivity (Wildman–Crippen MR) is 54.7 cm³/mol. The Morgan fingerprint density at radius 2 is 1.94 bits per heavy atom. The van der Waals surface area contributed by atoms with E-state index in [0.717, 1.165) is 0 Å². The van der Waals surface area contributed by atoms with Gasteiger partial charge in [-0.15, -0.1) is 9.51 Å². The molecule has 0 bridgehead atoms. The number of rotatable bonds is 5. The van der Waals surface area contributed by atoms with Crippen LogP contribution >= 0.6 is 0 Å². The van der Waals surface area contributed by atoms with Gasteiger partial charge in [0.25, 0.3) is 0 Å². The smallest absolute Gasteiger partial charge is 0.480 e. The Balaban J connectivity index is 2.77. The summed E-state index contributed by atoms with van der Waals surface area (Å²) in [4.78, 5) is 10.7. The van der Waals surface area contributed by atoms with E-state index in [9.17, 15) is 9.28 Å². The van der Waals surface area contributed by atoms with E-state index in [1.807, 2.05) is 0 Å². The maximum Gasteiger partial charge on any atom is 0.582 e. The van der Waals surface area contributed by atoms with Gasteiger partial charge in [0.05, 0.1) is 0 Å². The van der Waals surface area contributed by atoms with E-state index in [4.69, 9.17) is 15.2 Å². The van der Waals surface area contributed by atoms with Crippen molar-refractivity contribution in [2.75, 3.05) is 0 Å². The summed E-state index contributed by atoms with van der Waals surface area (Å²) in [6.07, 6.45) is -0.149. The number of hydrogen-bond donors (Lipinski definition) is 3. The van der Waals surface area contributed by atoms with Crippen molar-refractivity contribution in [3.63, 3.8) is 0 Å². The van der Waals surface area contributed by atoms with Gasteiger partial charge in [-0.05, 0) is 5.56 Å². The van der Waals surface area contributed by atoms with Gasteiger partial charge in [0.1, 0.15) is 6.04 Å². The zero-order valence-electron chi connectivity index (χ0n) is 8.32. The molecule has 1 unspecified atom stereocenters. The molecule has 5 nitrogen and oxygen atoms in total. The number of nitrogens with zero attached hydrogens (tertiary/aromatic N) is 1. The van der Waals surface area contributed by atoms with Gasteiger partial charge in [0.2, 0.25) is 0 Å². The molecule has 16 heavy (non-hydrogen) atoms. The van der Waals surface area contributed by atoms with Gasteiger partial charge < -0.3 is 15.2 Å². The Kier molecular flexibility index (Phi) is 4.42. The van der Waals surface area contributed by atoms with Crippen molar-refractivity contribution in [3.05, 3.63) is 35.9 Å². The van der Waals surface area contributed by atoms with Crippen LogP contribution in [0, 0.1) is 0 Å². The van der Waals surface area contributed by atoms with Crippen molar-refractivity contribution in [2.24, 2.45) is 0 Å². The van der Waals surface area contributed by atoms with Gasteiger partial charge >= 0.3 is 13.2 Å². The third-order valence-electron chi connectivity index (χ3n) is 2.08. The molecule has 1 aromatic carbocycles. The second-order valence-electron chi connectivity index (χ2n) is 3.23. The van der Waals surface area contributed by atoms with Crippen LogP contribution in [0.15, 0.2) is 30.3 Å². The number of benzene rings is 1. The molecule has 7 heteroatoms. The average molecular weight is 225 g/mol. The monoisotopic (exact) mass is 225 g/mol. The predicted octanol–water partition coefficient (Wildman–Crippen LogP) is -0.162. The Labute approximate surface area is 91.8 Å². The van der Waals surface area contributed by atoms with E-state index in [-0.39, 0.29) is 6.42 Å². The zero-order valence-corrected chi connectivity index (χ0v) is 8.32. The van der Waals surface area contributed by atoms with Crippen molar-refractivity contribution < 1.29 is 24.4 Å². The fourth-order valence-electron chi connectivity index (χ4n) is 1.28. The van der Waals surface area contributed by atoms with Crippen molar-refractivity contribution in [2.45, 2.75) is 12.5 Å². The SMILES string of the molecule is O=C(O)C(Cc1ccccc1)N([18F])[10B](O)O.